The van der Waals surface area contributed by atoms with Crippen LogP contribution in [0.2, 0.25) is 0 Å². The number of para-hydroxylation sites is 1. The molecule has 0 saturated carbocycles. The number of ether oxygens (including phenoxy) is 1. The molecule has 0 amide bonds. The van der Waals surface area contributed by atoms with Crippen molar-refractivity contribution in [3.8, 4) is 5.75 Å². The minimum atomic E-state index is -1.11. The molecular weight excluding hydrogens is 264 g/mol. The first-order chi connectivity index (χ1) is 9.54. The van der Waals surface area contributed by atoms with Gasteiger partial charge in [-0.1, -0.05) is 18.2 Å². The van der Waals surface area contributed by atoms with Gasteiger partial charge in [-0.3, -0.25) is 0 Å². The summed E-state index contributed by atoms with van der Waals surface area (Å²) in [6.07, 6.45) is -1.31. The molecule has 0 aliphatic heterocycles. The van der Waals surface area contributed by atoms with Crippen LogP contribution in [0.3, 0.4) is 0 Å². The van der Waals surface area contributed by atoms with Crippen LogP contribution in [-0.2, 0) is 6.42 Å². The number of hydrogen-bond acceptors (Lipinski definition) is 3. The summed E-state index contributed by atoms with van der Waals surface area (Å²) in [6.45, 7) is 0. The van der Waals surface area contributed by atoms with E-state index in [0.29, 0.717) is 11.3 Å². The molecule has 1 unspecified atom stereocenters. The van der Waals surface area contributed by atoms with Gasteiger partial charge in [-0.25, -0.2) is 8.78 Å². The predicted molar refractivity (Wildman–Crippen MR) is 72.4 cm³/mol. The number of nitrogens with two attached hydrogens (primary N) is 1. The van der Waals surface area contributed by atoms with Crippen LogP contribution in [0, 0.1) is 11.6 Å². The van der Waals surface area contributed by atoms with Crippen LogP contribution in [0.5, 0.6) is 5.75 Å². The van der Waals surface area contributed by atoms with E-state index >= 15 is 0 Å². The Morgan fingerprint density at radius 3 is 2.35 bits per heavy atom. The largest absolute Gasteiger partial charge is 0.495 e. The first kappa shape index (κ1) is 14.3. The first-order valence-corrected chi connectivity index (χ1v) is 6.08. The quantitative estimate of drug-likeness (QED) is 0.846. The molecule has 0 aromatic heterocycles. The number of anilines is 1. The fraction of sp³-hybridized carbons (Fsp3) is 0.200. The van der Waals surface area contributed by atoms with Crippen molar-refractivity contribution in [3.63, 3.8) is 0 Å². The third-order valence-corrected chi connectivity index (χ3v) is 3.14. The van der Waals surface area contributed by atoms with Crippen molar-refractivity contribution < 1.29 is 18.6 Å². The van der Waals surface area contributed by atoms with E-state index in [0.717, 1.165) is 12.1 Å². The van der Waals surface area contributed by atoms with Gasteiger partial charge in [0.1, 0.15) is 17.4 Å². The molecule has 0 spiro atoms. The summed E-state index contributed by atoms with van der Waals surface area (Å²) >= 11 is 0. The van der Waals surface area contributed by atoms with E-state index in [2.05, 4.69) is 0 Å². The minimum Gasteiger partial charge on any atom is -0.495 e. The van der Waals surface area contributed by atoms with Crippen LogP contribution in [-0.4, -0.2) is 12.2 Å². The highest BCUT2D eigenvalue weighted by atomic mass is 19.1. The zero-order valence-corrected chi connectivity index (χ0v) is 10.9. The molecular formula is C15H15F2NO2. The van der Waals surface area contributed by atoms with Crippen molar-refractivity contribution in [2.45, 2.75) is 12.5 Å². The molecule has 20 heavy (non-hydrogen) atoms. The molecule has 106 valence electrons. The van der Waals surface area contributed by atoms with Gasteiger partial charge < -0.3 is 15.6 Å². The molecule has 5 heteroatoms. The van der Waals surface area contributed by atoms with Gasteiger partial charge >= 0.3 is 0 Å². The van der Waals surface area contributed by atoms with Crippen molar-refractivity contribution >= 4 is 5.69 Å². The summed E-state index contributed by atoms with van der Waals surface area (Å²) in [6, 6.07) is 8.49. The highest BCUT2D eigenvalue weighted by Gasteiger charge is 2.18. The molecule has 2 aromatic rings. The van der Waals surface area contributed by atoms with E-state index in [1.807, 2.05) is 0 Å². The number of halogens is 2. The number of aliphatic hydroxyl groups is 1. The van der Waals surface area contributed by atoms with E-state index in [1.54, 1.807) is 18.2 Å². The summed E-state index contributed by atoms with van der Waals surface area (Å²) in [7, 11) is 1.46. The second-order valence-corrected chi connectivity index (χ2v) is 4.38. The molecule has 3 N–H and O–H groups in total. The van der Waals surface area contributed by atoms with Gasteiger partial charge in [0.15, 0.2) is 0 Å². The Hall–Kier alpha value is -2.14. The lowest BCUT2D eigenvalue weighted by Gasteiger charge is -2.16. The third-order valence-electron chi connectivity index (χ3n) is 3.14. The maximum absolute atomic E-state index is 13.6. The molecule has 0 fully saturated rings. The fourth-order valence-electron chi connectivity index (χ4n) is 2.06. The zero-order valence-electron chi connectivity index (χ0n) is 10.9. The van der Waals surface area contributed by atoms with Crippen LogP contribution in [0.15, 0.2) is 36.4 Å². The van der Waals surface area contributed by atoms with Crippen molar-refractivity contribution in [2.75, 3.05) is 12.8 Å². The van der Waals surface area contributed by atoms with E-state index in [-0.39, 0.29) is 17.7 Å². The molecule has 0 aliphatic rings. The Morgan fingerprint density at radius 2 is 1.75 bits per heavy atom. The highest BCUT2D eigenvalue weighted by molar-refractivity contribution is 5.59. The minimum absolute atomic E-state index is 0.165. The maximum atomic E-state index is 13.6. The van der Waals surface area contributed by atoms with Crippen molar-refractivity contribution in [1.29, 1.82) is 0 Å². The first-order valence-electron chi connectivity index (χ1n) is 6.08. The highest BCUT2D eigenvalue weighted by Crippen LogP contribution is 2.31. The predicted octanol–water partition coefficient (Wildman–Crippen LogP) is 2.83. The second-order valence-electron chi connectivity index (χ2n) is 4.38. The summed E-state index contributed by atoms with van der Waals surface area (Å²) in [5, 5.41) is 10.2. The summed E-state index contributed by atoms with van der Waals surface area (Å²) in [5.41, 5.74) is 6.33. The average Bonchev–Trinajstić information content (AvgIpc) is 2.43. The summed E-state index contributed by atoms with van der Waals surface area (Å²) < 4.78 is 32.2. The number of rotatable bonds is 4. The Bertz CT molecular complexity index is 597. The number of hydrogen-bond donors (Lipinski definition) is 2. The lowest BCUT2D eigenvalue weighted by molar-refractivity contribution is 0.176. The summed E-state index contributed by atoms with van der Waals surface area (Å²) in [5.74, 6) is -0.966. The van der Waals surface area contributed by atoms with E-state index in [1.165, 1.54) is 13.2 Å². The normalized spacial score (nSPS) is 12.2. The van der Waals surface area contributed by atoms with Gasteiger partial charge in [-0.05, 0) is 18.2 Å². The van der Waals surface area contributed by atoms with Gasteiger partial charge in [-0.15, -0.1) is 0 Å². The molecule has 0 aliphatic carbocycles. The Morgan fingerprint density at radius 1 is 1.15 bits per heavy atom. The van der Waals surface area contributed by atoms with Crippen LogP contribution in [0.4, 0.5) is 14.5 Å². The molecule has 0 radical (unpaired) electrons. The van der Waals surface area contributed by atoms with Gasteiger partial charge in [0, 0.05) is 17.5 Å². The SMILES string of the molecule is COc1cccc(C(O)Cc2c(F)cccc2F)c1N. The average molecular weight is 279 g/mol. The summed E-state index contributed by atoms with van der Waals surface area (Å²) in [4.78, 5) is 0. The smallest absolute Gasteiger partial charge is 0.142 e. The third kappa shape index (κ3) is 2.72. The van der Waals surface area contributed by atoms with Gasteiger partial charge in [-0.2, -0.15) is 0 Å². The lowest BCUT2D eigenvalue weighted by Crippen LogP contribution is -2.09. The number of aliphatic hydroxyl groups excluding tert-OH is 1. The van der Waals surface area contributed by atoms with Crippen LogP contribution in [0.1, 0.15) is 17.2 Å². The van der Waals surface area contributed by atoms with Crippen molar-refractivity contribution in [3.05, 3.63) is 59.2 Å². The second kappa shape index (κ2) is 5.88. The topological polar surface area (TPSA) is 55.5 Å². The van der Waals surface area contributed by atoms with Crippen LogP contribution in [0.25, 0.3) is 0 Å². The number of methoxy groups -OCH3 is 1. The Labute approximate surface area is 115 Å². The molecule has 2 aromatic carbocycles. The maximum Gasteiger partial charge on any atom is 0.142 e. The van der Waals surface area contributed by atoms with E-state index < -0.39 is 17.7 Å². The fourth-order valence-corrected chi connectivity index (χ4v) is 2.06. The van der Waals surface area contributed by atoms with Gasteiger partial charge in [0.25, 0.3) is 0 Å². The number of nitrogen functional groups attached to an aromatic ring is 1. The van der Waals surface area contributed by atoms with Crippen molar-refractivity contribution in [1.82, 2.24) is 0 Å². The molecule has 3 nitrogen and oxygen atoms in total. The van der Waals surface area contributed by atoms with Gasteiger partial charge in [0.05, 0.1) is 18.9 Å². The Kier molecular flexibility index (Phi) is 4.20. The Balaban J connectivity index is 2.31. The molecule has 1 atom stereocenters. The number of benzene rings is 2. The van der Waals surface area contributed by atoms with Gasteiger partial charge in [0.2, 0.25) is 0 Å². The molecule has 0 heterocycles. The van der Waals surface area contributed by atoms with Crippen LogP contribution >= 0.6 is 0 Å². The van der Waals surface area contributed by atoms with E-state index in [9.17, 15) is 13.9 Å². The molecule has 0 saturated heterocycles. The molecule has 0 bridgehead atoms. The van der Waals surface area contributed by atoms with Crippen molar-refractivity contribution in [2.24, 2.45) is 0 Å². The lowest BCUT2D eigenvalue weighted by atomic mass is 9.99. The standard InChI is InChI=1S/C15H15F2NO2/c1-20-14-7-2-4-9(15(14)18)13(19)8-10-11(16)5-3-6-12(10)17/h2-7,13,19H,8,18H2,1H3. The van der Waals surface area contributed by atoms with Crippen LogP contribution < -0.4 is 10.5 Å². The van der Waals surface area contributed by atoms with E-state index in [4.69, 9.17) is 10.5 Å². The molecule has 2 rings (SSSR count). The monoisotopic (exact) mass is 279 g/mol. The zero-order chi connectivity index (χ0) is 14.7.